The topological polar surface area (TPSA) is 9.23 Å². The predicted molar refractivity (Wildman–Crippen MR) is 80.5 cm³/mol. The second-order valence-corrected chi connectivity index (χ2v) is 6.39. The second kappa shape index (κ2) is 5.27. The van der Waals surface area contributed by atoms with Crippen molar-refractivity contribution in [3.05, 3.63) is 41.0 Å². The first kappa shape index (κ1) is 16.9. The summed E-state index contributed by atoms with van der Waals surface area (Å²) in [6, 6.07) is 5.73. The van der Waals surface area contributed by atoms with E-state index >= 15 is 0 Å². The van der Waals surface area contributed by atoms with Gasteiger partial charge in [0.15, 0.2) is 0 Å². The Morgan fingerprint density at radius 2 is 1.33 bits per heavy atom. The monoisotopic (exact) mass is 364 g/mol. The molecular weight excluding hydrogens is 354 g/mol. The summed E-state index contributed by atoms with van der Waals surface area (Å²) in [6.45, 7) is 2.74. The highest BCUT2D eigenvalue weighted by molar-refractivity contribution is 7.26. The minimum atomic E-state index is -4.92. The third-order valence-corrected chi connectivity index (χ3v) is 4.91. The number of aryl methyl sites for hydroxylation is 2. The van der Waals surface area contributed by atoms with Crippen LogP contribution in [0.25, 0.3) is 20.2 Å². The number of benzene rings is 2. The Labute approximate surface area is 136 Å². The summed E-state index contributed by atoms with van der Waals surface area (Å²) in [6.07, 6.45) is -9.51. The van der Waals surface area contributed by atoms with E-state index in [1.165, 1.54) is 38.1 Å². The summed E-state index contributed by atoms with van der Waals surface area (Å²) in [4.78, 5) is 0. The predicted octanol–water partition coefficient (Wildman–Crippen LogP) is 6.59. The molecule has 1 heterocycles. The van der Waals surface area contributed by atoms with Crippen molar-refractivity contribution in [2.75, 3.05) is 0 Å². The Morgan fingerprint density at radius 1 is 0.792 bits per heavy atom. The van der Waals surface area contributed by atoms with Gasteiger partial charge in [-0.05, 0) is 25.0 Å². The van der Waals surface area contributed by atoms with Crippen LogP contribution in [0, 0.1) is 13.8 Å². The van der Waals surface area contributed by atoms with Crippen molar-refractivity contribution in [2.24, 2.45) is 0 Å². The molecule has 1 nitrogen and oxygen atoms in total. The van der Waals surface area contributed by atoms with Gasteiger partial charge in [0.25, 0.3) is 0 Å². The molecule has 0 aliphatic rings. The molecule has 2 aromatic carbocycles. The molecule has 0 saturated heterocycles. The molecule has 0 aliphatic carbocycles. The number of hydrogen-bond donors (Lipinski definition) is 0. The lowest BCUT2D eigenvalue weighted by Gasteiger charge is -2.12. The largest absolute Gasteiger partial charge is 0.573 e. The van der Waals surface area contributed by atoms with E-state index in [0.29, 0.717) is 16.7 Å². The molecule has 0 atom stereocenters. The minimum absolute atomic E-state index is 0.0246. The van der Waals surface area contributed by atoms with Crippen molar-refractivity contribution in [1.29, 1.82) is 0 Å². The van der Waals surface area contributed by atoms with Crippen LogP contribution >= 0.6 is 11.3 Å². The molecule has 3 aromatic rings. The molecule has 8 heteroatoms. The van der Waals surface area contributed by atoms with E-state index in [0.717, 1.165) is 0 Å². The first-order chi connectivity index (χ1) is 11.0. The maximum absolute atomic E-state index is 13.4. The first-order valence-corrected chi connectivity index (χ1v) is 7.59. The zero-order valence-electron chi connectivity index (χ0n) is 12.4. The molecule has 0 radical (unpaired) electrons. The lowest BCUT2D eigenvalue weighted by atomic mass is 10.0. The van der Waals surface area contributed by atoms with E-state index in [4.69, 9.17) is 0 Å². The standard InChI is InChI=1S/C16H10F6OS/c1-7-3-5-9-10-6-4-8(2)12(23-16(20,21)22)14(10)24-13(9)11(7)15(17,18)19/h3-6H,1-2H3. The summed E-state index contributed by atoms with van der Waals surface area (Å²) in [5.41, 5.74) is -0.593. The van der Waals surface area contributed by atoms with Crippen LogP contribution in [0.1, 0.15) is 16.7 Å². The van der Waals surface area contributed by atoms with Gasteiger partial charge in [-0.1, -0.05) is 24.3 Å². The van der Waals surface area contributed by atoms with Crippen molar-refractivity contribution in [2.45, 2.75) is 26.4 Å². The Kier molecular flexibility index (Phi) is 3.71. The smallest absolute Gasteiger partial charge is 0.404 e. The van der Waals surface area contributed by atoms with Gasteiger partial charge in [0, 0.05) is 15.5 Å². The molecule has 0 amide bonds. The first-order valence-electron chi connectivity index (χ1n) is 6.77. The normalized spacial score (nSPS) is 13.0. The molecule has 3 rings (SSSR count). The molecule has 0 unspecified atom stereocenters. The highest BCUT2D eigenvalue weighted by Crippen LogP contribution is 2.47. The van der Waals surface area contributed by atoms with Gasteiger partial charge in [-0.25, -0.2) is 0 Å². The van der Waals surface area contributed by atoms with Crippen LogP contribution in [-0.4, -0.2) is 6.36 Å². The summed E-state index contributed by atoms with van der Waals surface area (Å²) < 4.78 is 82.0. The molecule has 0 spiro atoms. The summed E-state index contributed by atoms with van der Waals surface area (Å²) >= 11 is 0.666. The number of alkyl halides is 6. The van der Waals surface area contributed by atoms with E-state index < -0.39 is 23.9 Å². The average Bonchev–Trinajstić information content (AvgIpc) is 2.77. The highest BCUT2D eigenvalue weighted by Gasteiger charge is 2.37. The summed E-state index contributed by atoms with van der Waals surface area (Å²) in [5, 5.41) is 0.574. The van der Waals surface area contributed by atoms with Crippen LogP contribution in [0.5, 0.6) is 5.75 Å². The van der Waals surface area contributed by atoms with E-state index in [-0.39, 0.29) is 25.9 Å². The number of rotatable bonds is 1. The van der Waals surface area contributed by atoms with Gasteiger partial charge in [0.05, 0.1) is 10.3 Å². The van der Waals surface area contributed by atoms with Crippen LogP contribution in [0.15, 0.2) is 24.3 Å². The van der Waals surface area contributed by atoms with Crippen molar-refractivity contribution in [3.8, 4) is 5.75 Å². The fourth-order valence-corrected chi connectivity index (χ4v) is 4.12. The van der Waals surface area contributed by atoms with Crippen LogP contribution in [0.3, 0.4) is 0 Å². The van der Waals surface area contributed by atoms with Crippen LogP contribution in [0.2, 0.25) is 0 Å². The number of hydrogen-bond acceptors (Lipinski definition) is 2. The maximum Gasteiger partial charge on any atom is 0.573 e. The molecule has 128 valence electrons. The summed E-state index contributed by atoms with van der Waals surface area (Å²) in [5.74, 6) is -0.452. The third-order valence-electron chi connectivity index (χ3n) is 3.67. The van der Waals surface area contributed by atoms with Gasteiger partial charge in [0.1, 0.15) is 5.75 Å². The molecule has 24 heavy (non-hydrogen) atoms. The molecule has 0 N–H and O–H groups in total. The fourth-order valence-electron chi connectivity index (χ4n) is 2.67. The van der Waals surface area contributed by atoms with Crippen LogP contribution in [0.4, 0.5) is 26.3 Å². The lowest BCUT2D eigenvalue weighted by molar-refractivity contribution is -0.274. The Morgan fingerprint density at radius 3 is 1.88 bits per heavy atom. The molecular formula is C16H10F6OS. The quantitative estimate of drug-likeness (QED) is 0.443. The SMILES string of the molecule is Cc1ccc2c(sc3c(C(F)(F)F)c(C)ccc32)c1OC(F)(F)F. The van der Waals surface area contributed by atoms with Crippen molar-refractivity contribution in [3.63, 3.8) is 0 Å². The van der Waals surface area contributed by atoms with E-state index in [1.807, 2.05) is 0 Å². The van der Waals surface area contributed by atoms with Gasteiger partial charge in [-0.2, -0.15) is 13.2 Å². The van der Waals surface area contributed by atoms with E-state index in [9.17, 15) is 26.3 Å². The fraction of sp³-hybridized carbons (Fsp3) is 0.250. The Bertz CT molecular complexity index is 936. The highest BCUT2D eigenvalue weighted by atomic mass is 32.1. The van der Waals surface area contributed by atoms with Gasteiger partial charge < -0.3 is 4.74 Å². The van der Waals surface area contributed by atoms with E-state index in [2.05, 4.69) is 4.74 Å². The molecule has 0 bridgehead atoms. The average molecular weight is 364 g/mol. The number of halogens is 6. The Hall–Kier alpha value is -1.96. The van der Waals surface area contributed by atoms with E-state index in [1.54, 1.807) is 0 Å². The van der Waals surface area contributed by atoms with Gasteiger partial charge in [0.2, 0.25) is 0 Å². The maximum atomic E-state index is 13.4. The molecule has 1 aromatic heterocycles. The van der Waals surface area contributed by atoms with Crippen LogP contribution in [-0.2, 0) is 6.18 Å². The van der Waals surface area contributed by atoms with Gasteiger partial charge in [-0.15, -0.1) is 24.5 Å². The number of ether oxygens (including phenoxy) is 1. The van der Waals surface area contributed by atoms with Gasteiger partial charge in [-0.3, -0.25) is 0 Å². The molecule has 0 fully saturated rings. The Balaban J connectivity index is 2.42. The second-order valence-electron chi connectivity index (χ2n) is 5.37. The van der Waals surface area contributed by atoms with Gasteiger partial charge >= 0.3 is 12.5 Å². The number of fused-ring (bicyclic) bond motifs is 3. The van der Waals surface area contributed by atoms with Crippen molar-refractivity contribution < 1.29 is 31.1 Å². The molecule has 0 saturated carbocycles. The minimum Gasteiger partial charge on any atom is -0.404 e. The van der Waals surface area contributed by atoms with Crippen LogP contribution < -0.4 is 4.74 Å². The summed E-state index contributed by atoms with van der Waals surface area (Å²) in [7, 11) is 0. The van der Waals surface area contributed by atoms with Crippen molar-refractivity contribution >= 4 is 31.5 Å². The number of thiophene rings is 1. The van der Waals surface area contributed by atoms with Crippen molar-refractivity contribution in [1.82, 2.24) is 0 Å². The molecule has 0 aliphatic heterocycles. The zero-order valence-corrected chi connectivity index (χ0v) is 13.2. The zero-order chi connectivity index (χ0) is 17.9. The lowest BCUT2D eigenvalue weighted by Crippen LogP contribution is -2.17. The third kappa shape index (κ3) is 2.79.